The van der Waals surface area contributed by atoms with Crippen molar-refractivity contribution in [3.8, 4) is 0 Å². The summed E-state index contributed by atoms with van der Waals surface area (Å²) in [6.07, 6.45) is 5.51. The second-order valence-corrected chi connectivity index (χ2v) is 5.59. The van der Waals surface area contributed by atoms with E-state index in [0.29, 0.717) is 6.04 Å². The SMILES string of the molecule is CC(=O)Nc1cccc(C(C)NCC2CCCC2)c1. The molecule has 0 aromatic heterocycles. The summed E-state index contributed by atoms with van der Waals surface area (Å²) in [7, 11) is 0. The summed E-state index contributed by atoms with van der Waals surface area (Å²) in [5, 5.41) is 6.44. The van der Waals surface area contributed by atoms with Crippen molar-refractivity contribution in [3.63, 3.8) is 0 Å². The summed E-state index contributed by atoms with van der Waals surface area (Å²) >= 11 is 0. The maximum absolute atomic E-state index is 11.1. The Morgan fingerprint density at radius 2 is 2.11 bits per heavy atom. The Morgan fingerprint density at radius 1 is 1.37 bits per heavy atom. The van der Waals surface area contributed by atoms with Crippen LogP contribution in [0, 0.1) is 5.92 Å². The molecular weight excluding hydrogens is 236 g/mol. The summed E-state index contributed by atoms with van der Waals surface area (Å²) < 4.78 is 0. The van der Waals surface area contributed by atoms with Gasteiger partial charge in [0.2, 0.25) is 5.91 Å². The van der Waals surface area contributed by atoms with E-state index in [1.54, 1.807) is 0 Å². The highest BCUT2D eigenvalue weighted by atomic mass is 16.1. The molecule has 1 aromatic carbocycles. The van der Waals surface area contributed by atoms with Crippen molar-refractivity contribution >= 4 is 11.6 Å². The molecule has 19 heavy (non-hydrogen) atoms. The standard InChI is InChI=1S/C16H24N2O/c1-12(17-11-14-6-3-4-7-14)15-8-5-9-16(10-15)18-13(2)19/h5,8-10,12,14,17H,3-4,6-7,11H2,1-2H3,(H,18,19). The van der Waals surface area contributed by atoms with Gasteiger partial charge in [0.25, 0.3) is 0 Å². The average Bonchev–Trinajstić information content (AvgIpc) is 2.88. The van der Waals surface area contributed by atoms with Crippen molar-refractivity contribution in [3.05, 3.63) is 29.8 Å². The number of rotatable bonds is 5. The topological polar surface area (TPSA) is 41.1 Å². The molecule has 2 N–H and O–H groups in total. The first-order valence-corrected chi connectivity index (χ1v) is 7.26. The van der Waals surface area contributed by atoms with Crippen molar-refractivity contribution in [1.82, 2.24) is 5.32 Å². The third-order valence-electron chi connectivity index (χ3n) is 3.89. The summed E-state index contributed by atoms with van der Waals surface area (Å²) in [4.78, 5) is 11.1. The number of benzene rings is 1. The van der Waals surface area contributed by atoms with Crippen LogP contribution in [-0.2, 0) is 4.79 Å². The third-order valence-corrected chi connectivity index (χ3v) is 3.89. The van der Waals surface area contributed by atoms with Gasteiger partial charge in [-0.2, -0.15) is 0 Å². The summed E-state index contributed by atoms with van der Waals surface area (Å²) in [5.74, 6) is 0.824. The quantitative estimate of drug-likeness (QED) is 0.851. The molecule has 0 spiro atoms. The number of hydrogen-bond donors (Lipinski definition) is 2. The fraction of sp³-hybridized carbons (Fsp3) is 0.562. The van der Waals surface area contributed by atoms with Gasteiger partial charge in [0, 0.05) is 18.7 Å². The van der Waals surface area contributed by atoms with E-state index in [4.69, 9.17) is 0 Å². The molecule has 0 heterocycles. The van der Waals surface area contributed by atoms with Crippen LogP contribution in [0.25, 0.3) is 0 Å². The van der Waals surface area contributed by atoms with Crippen molar-refractivity contribution in [2.45, 2.75) is 45.6 Å². The van der Waals surface area contributed by atoms with Crippen LogP contribution < -0.4 is 10.6 Å². The summed E-state index contributed by atoms with van der Waals surface area (Å²) in [6, 6.07) is 8.41. The van der Waals surface area contributed by atoms with Gasteiger partial charge in [-0.3, -0.25) is 4.79 Å². The Labute approximate surface area is 115 Å². The van der Waals surface area contributed by atoms with Crippen LogP contribution in [-0.4, -0.2) is 12.5 Å². The molecule has 2 rings (SSSR count). The minimum Gasteiger partial charge on any atom is -0.326 e. The highest BCUT2D eigenvalue weighted by Crippen LogP contribution is 2.25. The lowest BCUT2D eigenvalue weighted by Crippen LogP contribution is -2.24. The van der Waals surface area contributed by atoms with Gasteiger partial charge in [0.1, 0.15) is 0 Å². The van der Waals surface area contributed by atoms with Gasteiger partial charge >= 0.3 is 0 Å². The van der Waals surface area contributed by atoms with Crippen molar-refractivity contribution in [2.75, 3.05) is 11.9 Å². The first kappa shape index (κ1) is 14.1. The maximum Gasteiger partial charge on any atom is 0.221 e. The predicted molar refractivity (Wildman–Crippen MR) is 79.1 cm³/mol. The van der Waals surface area contributed by atoms with Crippen LogP contribution in [0.2, 0.25) is 0 Å². The molecule has 1 amide bonds. The van der Waals surface area contributed by atoms with Gasteiger partial charge in [-0.05, 0) is 49.9 Å². The minimum absolute atomic E-state index is 0.0243. The molecule has 1 aliphatic carbocycles. The molecule has 1 aromatic rings. The van der Waals surface area contributed by atoms with E-state index in [9.17, 15) is 4.79 Å². The fourth-order valence-corrected chi connectivity index (χ4v) is 2.76. The predicted octanol–water partition coefficient (Wildman–Crippen LogP) is 3.49. The van der Waals surface area contributed by atoms with Crippen molar-refractivity contribution in [1.29, 1.82) is 0 Å². The van der Waals surface area contributed by atoms with E-state index < -0.39 is 0 Å². The lowest BCUT2D eigenvalue weighted by atomic mass is 10.0. The average molecular weight is 260 g/mol. The largest absolute Gasteiger partial charge is 0.326 e. The van der Waals surface area contributed by atoms with E-state index in [-0.39, 0.29) is 5.91 Å². The van der Waals surface area contributed by atoms with E-state index in [1.807, 2.05) is 18.2 Å². The molecule has 0 aliphatic heterocycles. The van der Waals surface area contributed by atoms with Gasteiger partial charge < -0.3 is 10.6 Å². The van der Waals surface area contributed by atoms with Crippen LogP contribution in [0.5, 0.6) is 0 Å². The van der Waals surface area contributed by atoms with Crippen molar-refractivity contribution < 1.29 is 4.79 Å². The Morgan fingerprint density at radius 3 is 2.79 bits per heavy atom. The number of amides is 1. The van der Waals surface area contributed by atoms with Gasteiger partial charge in [-0.15, -0.1) is 0 Å². The van der Waals surface area contributed by atoms with E-state index in [1.165, 1.54) is 38.2 Å². The minimum atomic E-state index is -0.0243. The molecule has 1 atom stereocenters. The zero-order chi connectivity index (χ0) is 13.7. The number of anilines is 1. The highest BCUT2D eigenvalue weighted by Gasteiger charge is 2.16. The first-order chi connectivity index (χ1) is 9.15. The monoisotopic (exact) mass is 260 g/mol. The lowest BCUT2D eigenvalue weighted by Gasteiger charge is -2.18. The number of hydrogen-bond acceptors (Lipinski definition) is 2. The molecule has 0 bridgehead atoms. The molecule has 0 radical (unpaired) electrons. The van der Waals surface area contributed by atoms with Crippen LogP contribution in [0.4, 0.5) is 5.69 Å². The third kappa shape index (κ3) is 4.35. The van der Waals surface area contributed by atoms with Gasteiger partial charge in [0.15, 0.2) is 0 Å². The smallest absolute Gasteiger partial charge is 0.221 e. The zero-order valence-electron chi connectivity index (χ0n) is 11.9. The Hall–Kier alpha value is -1.35. The number of carbonyl (C=O) groups is 1. The van der Waals surface area contributed by atoms with Crippen molar-refractivity contribution in [2.24, 2.45) is 5.92 Å². The zero-order valence-corrected chi connectivity index (χ0v) is 11.9. The molecule has 0 saturated heterocycles. The van der Waals surface area contributed by atoms with Crippen LogP contribution >= 0.6 is 0 Å². The molecule has 1 saturated carbocycles. The molecule has 104 valence electrons. The first-order valence-electron chi connectivity index (χ1n) is 7.26. The Kier molecular flexibility index (Phi) is 4.97. The van der Waals surface area contributed by atoms with E-state index >= 15 is 0 Å². The fourth-order valence-electron chi connectivity index (χ4n) is 2.76. The number of nitrogens with one attached hydrogen (secondary N) is 2. The summed E-state index contributed by atoms with van der Waals surface area (Å²) in [6.45, 7) is 4.82. The molecule has 1 fully saturated rings. The van der Waals surface area contributed by atoms with Gasteiger partial charge in [-0.1, -0.05) is 25.0 Å². The molecule has 1 aliphatic rings. The number of carbonyl (C=O) groups excluding carboxylic acids is 1. The van der Waals surface area contributed by atoms with Gasteiger partial charge in [0.05, 0.1) is 0 Å². The Bertz CT molecular complexity index is 425. The highest BCUT2D eigenvalue weighted by molar-refractivity contribution is 5.88. The normalized spacial score (nSPS) is 17.4. The van der Waals surface area contributed by atoms with Crippen LogP contribution in [0.3, 0.4) is 0 Å². The second-order valence-electron chi connectivity index (χ2n) is 5.59. The maximum atomic E-state index is 11.1. The molecule has 3 heteroatoms. The van der Waals surface area contributed by atoms with Crippen LogP contribution in [0.15, 0.2) is 24.3 Å². The van der Waals surface area contributed by atoms with Gasteiger partial charge in [-0.25, -0.2) is 0 Å². The molecule has 1 unspecified atom stereocenters. The van der Waals surface area contributed by atoms with Crippen LogP contribution in [0.1, 0.15) is 51.1 Å². The molecule has 3 nitrogen and oxygen atoms in total. The second kappa shape index (κ2) is 6.71. The van der Waals surface area contributed by atoms with E-state index in [0.717, 1.165) is 18.2 Å². The molecular formula is C16H24N2O. The lowest BCUT2D eigenvalue weighted by molar-refractivity contribution is -0.114. The van der Waals surface area contributed by atoms with E-state index in [2.05, 4.69) is 23.6 Å². The Balaban J connectivity index is 1.90. The summed E-state index contributed by atoms with van der Waals surface area (Å²) in [5.41, 5.74) is 2.10.